The standard InChI is InChI=1S/C42H34/c1-3-25-7-9-29-15-19-35(37-21-17-27(5-1)39(25)41(29)37)33-13-11-32-24-34(14-12-31(32)23-33)36-20-16-30-10-8-26-4-2-6-28-18-22-38(36)42(30)40(26)28/h1,3-5,7-8,10,15-17,19-24,28-29H,2,6,9,11-14,18H2. The van der Waals surface area contributed by atoms with Gasteiger partial charge in [-0.15, -0.1) is 0 Å². The first kappa shape index (κ1) is 23.4. The van der Waals surface area contributed by atoms with Gasteiger partial charge < -0.3 is 0 Å². The third-order valence-electron chi connectivity index (χ3n) is 11.2. The number of benzene rings is 4. The lowest BCUT2D eigenvalue weighted by molar-refractivity contribution is 0.646. The Morgan fingerprint density at radius 3 is 2.40 bits per heavy atom. The highest BCUT2D eigenvalue weighted by molar-refractivity contribution is 5.94. The highest BCUT2D eigenvalue weighted by Gasteiger charge is 2.26. The van der Waals surface area contributed by atoms with Crippen molar-refractivity contribution in [1.29, 1.82) is 0 Å². The minimum Gasteiger partial charge on any atom is -0.0769 e. The molecule has 0 heterocycles. The van der Waals surface area contributed by atoms with E-state index in [4.69, 9.17) is 0 Å². The fraction of sp³-hybridized carbons (Fsp3) is 0.238. The Balaban J connectivity index is 1.10. The van der Waals surface area contributed by atoms with E-state index in [0.29, 0.717) is 11.8 Å². The fourth-order valence-corrected chi connectivity index (χ4v) is 9.21. The first-order valence-corrected chi connectivity index (χ1v) is 16.1. The topological polar surface area (TPSA) is 0 Å². The summed E-state index contributed by atoms with van der Waals surface area (Å²) in [5.74, 6) is 1.22. The van der Waals surface area contributed by atoms with Crippen molar-refractivity contribution in [2.45, 2.75) is 63.2 Å². The molecule has 4 aromatic carbocycles. The van der Waals surface area contributed by atoms with E-state index in [0.717, 1.165) is 32.1 Å². The molecule has 0 aromatic heterocycles. The van der Waals surface area contributed by atoms with Gasteiger partial charge >= 0.3 is 0 Å². The molecule has 6 aliphatic carbocycles. The number of hydrogen-bond donors (Lipinski definition) is 0. The van der Waals surface area contributed by atoms with Crippen LogP contribution in [0.3, 0.4) is 0 Å². The van der Waals surface area contributed by atoms with Gasteiger partial charge in [0.25, 0.3) is 0 Å². The zero-order chi connectivity index (χ0) is 27.4. The van der Waals surface area contributed by atoms with Crippen LogP contribution in [0.2, 0.25) is 0 Å². The summed E-state index contributed by atoms with van der Waals surface area (Å²) >= 11 is 0. The molecule has 6 aliphatic rings. The van der Waals surface area contributed by atoms with E-state index in [9.17, 15) is 0 Å². The fourth-order valence-electron chi connectivity index (χ4n) is 9.21. The SMILES string of the molecule is C1=CC2CC=c3cccc4ccc(c2c34)=C1C1=CC2=C(C=C(c3ccc4ccc5c6c4c3=CCC6CCC=5)CC2)CC1. The third-order valence-corrected chi connectivity index (χ3v) is 11.2. The molecular weight excluding hydrogens is 504 g/mol. The summed E-state index contributed by atoms with van der Waals surface area (Å²) in [5.41, 5.74) is 12.4. The van der Waals surface area contributed by atoms with Crippen molar-refractivity contribution in [1.82, 2.24) is 0 Å². The number of rotatable bonds is 2. The molecule has 0 spiro atoms. The number of hydrogen-bond acceptors (Lipinski definition) is 0. The molecule has 0 bridgehead atoms. The van der Waals surface area contributed by atoms with Gasteiger partial charge in [0.15, 0.2) is 0 Å². The molecule has 4 aromatic rings. The van der Waals surface area contributed by atoms with Crippen molar-refractivity contribution >= 4 is 50.9 Å². The van der Waals surface area contributed by atoms with E-state index < -0.39 is 0 Å². The van der Waals surface area contributed by atoms with Crippen molar-refractivity contribution in [3.05, 3.63) is 133 Å². The van der Waals surface area contributed by atoms with Gasteiger partial charge in [0, 0.05) is 5.92 Å². The van der Waals surface area contributed by atoms with E-state index in [1.807, 2.05) is 0 Å². The van der Waals surface area contributed by atoms with Gasteiger partial charge in [0.05, 0.1) is 0 Å². The molecule has 42 heavy (non-hydrogen) atoms. The predicted molar refractivity (Wildman–Crippen MR) is 178 cm³/mol. The maximum atomic E-state index is 2.58. The Morgan fingerprint density at radius 1 is 0.619 bits per heavy atom. The van der Waals surface area contributed by atoms with Crippen LogP contribution in [-0.4, -0.2) is 0 Å². The van der Waals surface area contributed by atoms with Gasteiger partial charge in [-0.3, -0.25) is 0 Å². The molecule has 2 atom stereocenters. The minimum absolute atomic E-state index is 0.514. The Bertz CT molecular complexity index is 2300. The summed E-state index contributed by atoms with van der Waals surface area (Å²) in [5, 5.41) is 11.7. The second-order valence-electron chi connectivity index (χ2n) is 13.3. The molecule has 0 N–H and O–H groups in total. The van der Waals surface area contributed by atoms with Crippen molar-refractivity contribution < 1.29 is 0 Å². The van der Waals surface area contributed by atoms with Crippen LogP contribution in [0.1, 0.15) is 79.9 Å². The molecule has 202 valence electrons. The smallest absolute Gasteiger partial charge is 0.00686 e. The Hall–Kier alpha value is -4.16. The molecule has 0 saturated carbocycles. The Kier molecular flexibility index (Phi) is 4.84. The molecule has 2 unspecified atom stereocenters. The Morgan fingerprint density at radius 2 is 1.45 bits per heavy atom. The van der Waals surface area contributed by atoms with Crippen LogP contribution >= 0.6 is 0 Å². The molecule has 0 heteroatoms. The minimum atomic E-state index is 0.514. The number of allylic oxidation sites excluding steroid dienone is 8. The summed E-state index contributed by atoms with van der Waals surface area (Å²) in [6.45, 7) is 0. The molecular formula is C42H34. The second-order valence-corrected chi connectivity index (χ2v) is 13.3. The first-order chi connectivity index (χ1) is 20.8. The lowest BCUT2D eigenvalue weighted by atomic mass is 9.75. The highest BCUT2D eigenvalue weighted by atomic mass is 14.3. The summed E-state index contributed by atoms with van der Waals surface area (Å²) in [4.78, 5) is 0. The van der Waals surface area contributed by atoms with Crippen LogP contribution in [-0.2, 0) is 0 Å². The molecule has 10 rings (SSSR count). The van der Waals surface area contributed by atoms with E-state index in [2.05, 4.69) is 97.1 Å². The summed E-state index contributed by atoms with van der Waals surface area (Å²) in [7, 11) is 0. The zero-order valence-electron chi connectivity index (χ0n) is 24.0. The molecule has 0 aliphatic heterocycles. The van der Waals surface area contributed by atoms with Crippen LogP contribution in [0.15, 0.2) is 95.6 Å². The molecule has 0 radical (unpaired) electrons. The molecule has 0 amide bonds. The van der Waals surface area contributed by atoms with E-state index >= 15 is 0 Å². The monoisotopic (exact) mass is 538 g/mol. The molecule has 0 nitrogen and oxygen atoms in total. The summed E-state index contributed by atoms with van der Waals surface area (Å²) in [6.07, 6.45) is 26.9. The van der Waals surface area contributed by atoms with Crippen LogP contribution in [0.5, 0.6) is 0 Å². The first-order valence-electron chi connectivity index (χ1n) is 16.1. The second kappa shape index (κ2) is 8.68. The largest absolute Gasteiger partial charge is 0.0769 e. The lowest BCUT2D eigenvalue weighted by Gasteiger charge is -2.29. The molecule has 0 fully saturated rings. The van der Waals surface area contributed by atoms with E-state index in [1.165, 1.54) is 73.0 Å². The highest BCUT2D eigenvalue weighted by Crippen LogP contribution is 2.41. The normalized spacial score (nSPS) is 23.1. The summed E-state index contributed by atoms with van der Waals surface area (Å²) in [6, 6.07) is 21.1. The maximum absolute atomic E-state index is 2.58. The van der Waals surface area contributed by atoms with Gasteiger partial charge in [0.1, 0.15) is 0 Å². The zero-order valence-corrected chi connectivity index (χ0v) is 24.0. The Labute approximate surface area is 246 Å². The van der Waals surface area contributed by atoms with Crippen LogP contribution in [0.25, 0.3) is 50.9 Å². The van der Waals surface area contributed by atoms with Crippen LogP contribution in [0.4, 0.5) is 0 Å². The van der Waals surface area contributed by atoms with E-state index in [-0.39, 0.29) is 0 Å². The average molecular weight is 539 g/mol. The molecule has 0 saturated heterocycles. The van der Waals surface area contributed by atoms with Crippen LogP contribution < -0.4 is 20.9 Å². The quantitative estimate of drug-likeness (QED) is 0.245. The van der Waals surface area contributed by atoms with Gasteiger partial charge in [-0.2, -0.15) is 0 Å². The van der Waals surface area contributed by atoms with Crippen molar-refractivity contribution in [3.8, 4) is 0 Å². The van der Waals surface area contributed by atoms with Gasteiger partial charge in [-0.05, 0) is 144 Å². The van der Waals surface area contributed by atoms with Gasteiger partial charge in [0.2, 0.25) is 0 Å². The lowest BCUT2D eigenvalue weighted by Crippen LogP contribution is -2.26. The van der Waals surface area contributed by atoms with E-state index in [1.54, 1.807) is 33.2 Å². The van der Waals surface area contributed by atoms with Crippen molar-refractivity contribution in [3.63, 3.8) is 0 Å². The maximum Gasteiger partial charge on any atom is 0.00686 e. The third kappa shape index (κ3) is 3.24. The van der Waals surface area contributed by atoms with Crippen molar-refractivity contribution in [2.24, 2.45) is 0 Å². The summed E-state index contributed by atoms with van der Waals surface area (Å²) < 4.78 is 0. The predicted octanol–water partition coefficient (Wildman–Crippen LogP) is 7.72. The van der Waals surface area contributed by atoms with Crippen molar-refractivity contribution in [2.75, 3.05) is 0 Å². The average Bonchev–Trinajstić information content (AvgIpc) is 3.05. The van der Waals surface area contributed by atoms with Crippen LogP contribution in [0, 0.1) is 0 Å². The van der Waals surface area contributed by atoms with Gasteiger partial charge in [-0.25, -0.2) is 0 Å². The van der Waals surface area contributed by atoms with Gasteiger partial charge in [-0.1, -0.05) is 97.1 Å².